The number of thioether (sulfide) groups is 1. The average molecular weight is 422 g/mol. The number of rotatable bonds is 7. The van der Waals surface area contributed by atoms with E-state index >= 15 is 0 Å². The fourth-order valence-corrected chi connectivity index (χ4v) is 4.98. The lowest BCUT2D eigenvalue weighted by molar-refractivity contribution is -0.119. The molecule has 1 saturated carbocycles. The van der Waals surface area contributed by atoms with Crippen molar-refractivity contribution in [2.75, 3.05) is 6.54 Å². The lowest BCUT2D eigenvalue weighted by atomic mass is 9.84. The van der Waals surface area contributed by atoms with E-state index in [1.807, 2.05) is 0 Å². The Morgan fingerprint density at radius 3 is 2.60 bits per heavy atom. The van der Waals surface area contributed by atoms with Gasteiger partial charge in [0.05, 0.1) is 17.0 Å². The summed E-state index contributed by atoms with van der Waals surface area (Å²) >= 11 is 1.02. The van der Waals surface area contributed by atoms with Crippen LogP contribution in [-0.2, 0) is 22.4 Å². The molecule has 0 radical (unpaired) electrons. The number of carbonyl (C=O) groups is 2. The number of benzene rings is 1. The van der Waals surface area contributed by atoms with Crippen molar-refractivity contribution in [1.29, 1.82) is 0 Å². The molecule has 30 heavy (non-hydrogen) atoms. The van der Waals surface area contributed by atoms with E-state index in [-0.39, 0.29) is 17.3 Å². The van der Waals surface area contributed by atoms with Gasteiger partial charge in [-0.15, -0.1) is 0 Å². The number of nitrogens with zero attached hydrogens (tertiary/aromatic N) is 2. The van der Waals surface area contributed by atoms with Crippen LogP contribution in [0, 0.1) is 5.92 Å². The molecule has 4 rings (SSSR count). The Kier molecular flexibility index (Phi) is 7.07. The largest absolute Gasteiger partial charge is 0.314 e. The van der Waals surface area contributed by atoms with Gasteiger partial charge < -0.3 is 5.32 Å². The molecule has 2 aliphatic rings. The van der Waals surface area contributed by atoms with Crippen LogP contribution in [0.5, 0.6) is 0 Å². The van der Waals surface area contributed by atoms with Gasteiger partial charge in [0.15, 0.2) is 5.78 Å². The van der Waals surface area contributed by atoms with Gasteiger partial charge in [0.25, 0.3) is 0 Å². The standard InChI is InChI=1S/C24H27N3O2S/c28-21-16-24(29)30-22(21)15-20-11-13-26-23(27-20)14-18-6-8-19(9-7-18)25-12-10-17-4-2-1-3-5-17/h1-5,11,13,15,18-19,25H,6-10,12,14,16H2/b22-15-. The summed E-state index contributed by atoms with van der Waals surface area (Å²) in [5.41, 5.74) is 2.09. The summed E-state index contributed by atoms with van der Waals surface area (Å²) in [6, 6.07) is 13.0. The highest BCUT2D eigenvalue weighted by Crippen LogP contribution is 2.30. The van der Waals surface area contributed by atoms with Crippen LogP contribution in [-0.4, -0.2) is 33.5 Å². The van der Waals surface area contributed by atoms with Crippen molar-refractivity contribution in [3.05, 3.63) is 64.6 Å². The van der Waals surface area contributed by atoms with E-state index < -0.39 is 0 Å². The minimum atomic E-state index is -0.108. The van der Waals surface area contributed by atoms with Gasteiger partial charge in [-0.2, -0.15) is 0 Å². The summed E-state index contributed by atoms with van der Waals surface area (Å²) in [6.07, 6.45) is 10.1. The van der Waals surface area contributed by atoms with Crippen LogP contribution in [0.25, 0.3) is 6.08 Å². The van der Waals surface area contributed by atoms with Crippen molar-refractivity contribution >= 4 is 28.7 Å². The third-order valence-corrected chi connectivity index (χ3v) is 6.75. The number of ketones is 1. The maximum absolute atomic E-state index is 11.8. The summed E-state index contributed by atoms with van der Waals surface area (Å²) in [4.78, 5) is 32.8. The maximum Gasteiger partial charge on any atom is 0.201 e. The normalized spacial score (nSPS) is 23.3. The molecule has 0 bridgehead atoms. The lowest BCUT2D eigenvalue weighted by Gasteiger charge is -2.29. The molecule has 1 aliphatic carbocycles. The molecule has 6 heteroatoms. The highest BCUT2D eigenvalue weighted by molar-refractivity contribution is 8.18. The molecule has 0 spiro atoms. The Bertz CT molecular complexity index is 921. The van der Waals surface area contributed by atoms with Crippen LogP contribution >= 0.6 is 11.8 Å². The Morgan fingerprint density at radius 1 is 1.07 bits per heavy atom. The van der Waals surface area contributed by atoms with Gasteiger partial charge in [-0.1, -0.05) is 30.3 Å². The van der Waals surface area contributed by atoms with Gasteiger partial charge in [-0.3, -0.25) is 9.59 Å². The monoisotopic (exact) mass is 421 g/mol. The van der Waals surface area contributed by atoms with Crippen molar-refractivity contribution in [1.82, 2.24) is 15.3 Å². The Hall–Kier alpha value is -2.31. The second-order valence-corrected chi connectivity index (χ2v) is 9.19. The van der Waals surface area contributed by atoms with Gasteiger partial charge >= 0.3 is 0 Å². The molecule has 5 nitrogen and oxygen atoms in total. The molecule has 1 N–H and O–H groups in total. The Balaban J connectivity index is 1.24. The zero-order chi connectivity index (χ0) is 20.8. The van der Waals surface area contributed by atoms with E-state index in [0.29, 0.717) is 22.6 Å². The molecule has 2 aromatic rings. The predicted molar refractivity (Wildman–Crippen MR) is 120 cm³/mol. The molecule has 2 heterocycles. The zero-order valence-corrected chi connectivity index (χ0v) is 17.9. The minimum absolute atomic E-state index is 0.00291. The van der Waals surface area contributed by atoms with E-state index in [1.165, 1.54) is 31.2 Å². The third kappa shape index (κ3) is 5.86. The maximum atomic E-state index is 11.8. The molecule has 1 aromatic carbocycles. The van der Waals surface area contributed by atoms with Crippen molar-refractivity contribution in [3.8, 4) is 0 Å². The van der Waals surface area contributed by atoms with E-state index in [9.17, 15) is 9.59 Å². The van der Waals surface area contributed by atoms with Crippen molar-refractivity contribution < 1.29 is 9.59 Å². The summed E-state index contributed by atoms with van der Waals surface area (Å²) in [7, 11) is 0. The van der Waals surface area contributed by atoms with Crippen LogP contribution in [0.3, 0.4) is 0 Å². The average Bonchev–Trinajstić information content (AvgIpc) is 3.07. The van der Waals surface area contributed by atoms with Crippen LogP contribution in [0.1, 0.15) is 49.2 Å². The number of Topliss-reactive ketones (excluding diaryl/α,β-unsaturated/α-hetero) is 1. The second kappa shape index (κ2) is 10.1. The minimum Gasteiger partial charge on any atom is -0.314 e. The van der Waals surface area contributed by atoms with Gasteiger partial charge in [0.1, 0.15) is 5.82 Å². The van der Waals surface area contributed by atoms with E-state index in [4.69, 9.17) is 0 Å². The fraction of sp³-hybridized carbons (Fsp3) is 0.417. The SMILES string of the molecule is O=C1CC(=O)/C(=C/c2ccnc(CC3CCC(NCCc4ccccc4)CC3)n2)S1. The Labute approximate surface area is 181 Å². The number of nitrogens with one attached hydrogen (secondary N) is 1. The first kappa shape index (κ1) is 20.9. The van der Waals surface area contributed by atoms with Crippen LogP contribution in [0.15, 0.2) is 47.5 Å². The van der Waals surface area contributed by atoms with Gasteiger partial charge in [-0.25, -0.2) is 9.97 Å². The predicted octanol–water partition coefficient (Wildman–Crippen LogP) is 3.98. The Morgan fingerprint density at radius 2 is 1.87 bits per heavy atom. The van der Waals surface area contributed by atoms with Gasteiger partial charge in [0, 0.05) is 18.7 Å². The van der Waals surface area contributed by atoms with E-state index in [2.05, 4.69) is 45.6 Å². The second-order valence-electron chi connectivity index (χ2n) is 8.09. The molecule has 1 aliphatic heterocycles. The molecular weight excluding hydrogens is 394 g/mol. The number of carbonyl (C=O) groups excluding carboxylic acids is 2. The summed E-state index contributed by atoms with van der Waals surface area (Å²) in [5.74, 6) is 1.32. The number of allylic oxidation sites excluding steroid dienone is 1. The molecule has 0 amide bonds. The number of hydrogen-bond donors (Lipinski definition) is 1. The van der Waals surface area contributed by atoms with E-state index in [1.54, 1.807) is 18.3 Å². The van der Waals surface area contributed by atoms with Crippen molar-refractivity contribution in [2.24, 2.45) is 5.92 Å². The fourth-order valence-electron chi connectivity index (χ4n) is 4.17. The number of hydrogen-bond acceptors (Lipinski definition) is 6. The molecule has 1 saturated heterocycles. The van der Waals surface area contributed by atoms with Gasteiger partial charge in [0.2, 0.25) is 5.12 Å². The molecule has 1 aromatic heterocycles. The number of aromatic nitrogens is 2. The summed E-state index contributed by atoms with van der Waals surface area (Å²) in [6.45, 7) is 1.03. The third-order valence-electron chi connectivity index (χ3n) is 5.82. The first-order valence-electron chi connectivity index (χ1n) is 10.7. The first-order chi connectivity index (χ1) is 14.7. The van der Waals surface area contributed by atoms with Crippen molar-refractivity contribution in [2.45, 2.75) is 51.0 Å². The first-order valence-corrected chi connectivity index (χ1v) is 11.5. The van der Waals surface area contributed by atoms with Crippen LogP contribution in [0.4, 0.5) is 0 Å². The van der Waals surface area contributed by atoms with Crippen LogP contribution in [0.2, 0.25) is 0 Å². The quantitative estimate of drug-likeness (QED) is 0.538. The van der Waals surface area contributed by atoms with Crippen molar-refractivity contribution in [3.63, 3.8) is 0 Å². The molecular formula is C24H27N3O2S. The summed E-state index contributed by atoms with van der Waals surface area (Å²) in [5, 5.41) is 3.62. The zero-order valence-electron chi connectivity index (χ0n) is 17.0. The van der Waals surface area contributed by atoms with E-state index in [0.717, 1.165) is 37.0 Å². The van der Waals surface area contributed by atoms with Crippen LogP contribution < -0.4 is 5.32 Å². The topological polar surface area (TPSA) is 72.0 Å². The summed E-state index contributed by atoms with van der Waals surface area (Å²) < 4.78 is 0. The molecule has 0 atom stereocenters. The smallest absolute Gasteiger partial charge is 0.201 e. The molecule has 156 valence electrons. The molecule has 0 unspecified atom stereocenters. The van der Waals surface area contributed by atoms with Gasteiger partial charge in [-0.05, 0) is 74.0 Å². The highest BCUT2D eigenvalue weighted by Gasteiger charge is 2.26. The molecule has 2 fully saturated rings. The lowest BCUT2D eigenvalue weighted by Crippen LogP contribution is -2.35. The highest BCUT2D eigenvalue weighted by atomic mass is 32.2.